The molecule has 4 heteroatoms. The molecule has 12 heavy (non-hydrogen) atoms. The molecule has 0 saturated carbocycles. The SMILES string of the molecule is CCOC(=O)CCCNCCF. The quantitative estimate of drug-likeness (QED) is 0.463. The zero-order valence-electron chi connectivity index (χ0n) is 7.44. The van der Waals surface area contributed by atoms with Crippen molar-refractivity contribution < 1.29 is 13.9 Å². The summed E-state index contributed by atoms with van der Waals surface area (Å²) in [5.41, 5.74) is 0. The number of hydrogen-bond acceptors (Lipinski definition) is 3. The van der Waals surface area contributed by atoms with Gasteiger partial charge in [-0.25, -0.2) is 4.39 Å². The van der Waals surface area contributed by atoms with Gasteiger partial charge < -0.3 is 10.1 Å². The van der Waals surface area contributed by atoms with Gasteiger partial charge in [-0.1, -0.05) is 0 Å². The molecule has 0 fully saturated rings. The van der Waals surface area contributed by atoms with E-state index in [-0.39, 0.29) is 12.6 Å². The molecular formula is C8H16FNO2. The van der Waals surface area contributed by atoms with Gasteiger partial charge in [0.2, 0.25) is 0 Å². The van der Waals surface area contributed by atoms with Crippen molar-refractivity contribution in [3.05, 3.63) is 0 Å². The lowest BCUT2D eigenvalue weighted by atomic mass is 10.3. The van der Waals surface area contributed by atoms with Crippen molar-refractivity contribution >= 4 is 5.97 Å². The number of hydrogen-bond donors (Lipinski definition) is 1. The van der Waals surface area contributed by atoms with E-state index in [0.29, 0.717) is 32.5 Å². The van der Waals surface area contributed by atoms with E-state index in [1.807, 2.05) is 0 Å². The molecule has 0 rings (SSSR count). The number of nitrogens with one attached hydrogen (secondary N) is 1. The lowest BCUT2D eigenvalue weighted by Crippen LogP contribution is -2.19. The van der Waals surface area contributed by atoms with Gasteiger partial charge in [0.1, 0.15) is 6.67 Å². The topological polar surface area (TPSA) is 38.3 Å². The van der Waals surface area contributed by atoms with Crippen LogP contribution >= 0.6 is 0 Å². The number of carbonyl (C=O) groups is 1. The fraction of sp³-hybridized carbons (Fsp3) is 0.875. The number of ether oxygens (including phenoxy) is 1. The summed E-state index contributed by atoms with van der Waals surface area (Å²) in [5.74, 6) is -0.181. The maximum Gasteiger partial charge on any atom is 0.305 e. The zero-order valence-corrected chi connectivity index (χ0v) is 7.44. The summed E-state index contributed by atoms with van der Waals surface area (Å²) in [7, 11) is 0. The second kappa shape index (κ2) is 8.46. The molecule has 0 aromatic heterocycles. The van der Waals surface area contributed by atoms with Crippen LogP contribution in [0.3, 0.4) is 0 Å². The standard InChI is InChI=1S/C8H16FNO2/c1-2-12-8(11)4-3-6-10-7-5-9/h10H,2-7H2,1H3. The zero-order chi connectivity index (χ0) is 9.23. The van der Waals surface area contributed by atoms with Crippen LogP contribution in [0.2, 0.25) is 0 Å². The van der Waals surface area contributed by atoms with E-state index in [1.165, 1.54) is 0 Å². The molecule has 0 heterocycles. The monoisotopic (exact) mass is 177 g/mol. The molecule has 0 aromatic rings. The summed E-state index contributed by atoms with van der Waals surface area (Å²) in [6.07, 6.45) is 1.12. The highest BCUT2D eigenvalue weighted by atomic mass is 19.1. The summed E-state index contributed by atoms with van der Waals surface area (Å²) >= 11 is 0. The Balaban J connectivity index is 3.03. The molecule has 3 nitrogen and oxygen atoms in total. The third-order valence-electron chi connectivity index (χ3n) is 1.31. The fourth-order valence-corrected chi connectivity index (χ4v) is 0.783. The second-order valence-corrected chi connectivity index (χ2v) is 2.35. The van der Waals surface area contributed by atoms with Gasteiger partial charge in [-0.2, -0.15) is 0 Å². The third kappa shape index (κ3) is 7.47. The first-order valence-electron chi connectivity index (χ1n) is 4.23. The minimum absolute atomic E-state index is 0.181. The van der Waals surface area contributed by atoms with Gasteiger partial charge in [-0.05, 0) is 19.9 Å². The summed E-state index contributed by atoms with van der Waals surface area (Å²) in [4.78, 5) is 10.8. The van der Waals surface area contributed by atoms with E-state index in [1.54, 1.807) is 6.92 Å². The van der Waals surface area contributed by atoms with Gasteiger partial charge >= 0.3 is 5.97 Å². The van der Waals surface area contributed by atoms with Crippen LogP contribution in [-0.2, 0) is 9.53 Å². The summed E-state index contributed by atoms with van der Waals surface area (Å²) in [6.45, 7) is 2.88. The Morgan fingerprint density at radius 3 is 2.83 bits per heavy atom. The highest BCUT2D eigenvalue weighted by Gasteiger charge is 1.99. The first-order valence-corrected chi connectivity index (χ1v) is 4.23. The lowest BCUT2D eigenvalue weighted by molar-refractivity contribution is -0.143. The van der Waals surface area contributed by atoms with Gasteiger partial charge in [0.15, 0.2) is 0 Å². The molecule has 0 aromatic carbocycles. The molecule has 0 bridgehead atoms. The van der Waals surface area contributed by atoms with Crippen LogP contribution < -0.4 is 5.32 Å². The molecule has 0 aliphatic heterocycles. The minimum Gasteiger partial charge on any atom is -0.466 e. The van der Waals surface area contributed by atoms with Crippen LogP contribution in [0.25, 0.3) is 0 Å². The van der Waals surface area contributed by atoms with Gasteiger partial charge in [0, 0.05) is 13.0 Å². The molecular weight excluding hydrogens is 161 g/mol. The molecule has 0 saturated heterocycles. The Kier molecular flexibility index (Phi) is 8.01. The maximum atomic E-state index is 11.5. The van der Waals surface area contributed by atoms with E-state index in [0.717, 1.165) is 0 Å². The van der Waals surface area contributed by atoms with Crippen molar-refractivity contribution in [2.24, 2.45) is 0 Å². The summed E-state index contributed by atoms with van der Waals surface area (Å²) in [6, 6.07) is 0. The van der Waals surface area contributed by atoms with Crippen LogP contribution in [-0.4, -0.2) is 32.3 Å². The highest BCUT2D eigenvalue weighted by Crippen LogP contribution is 1.90. The number of alkyl halides is 1. The lowest BCUT2D eigenvalue weighted by Gasteiger charge is -2.01. The first kappa shape index (κ1) is 11.4. The molecule has 1 N–H and O–H groups in total. The van der Waals surface area contributed by atoms with Crippen molar-refractivity contribution in [3.8, 4) is 0 Å². The van der Waals surface area contributed by atoms with E-state index in [9.17, 15) is 9.18 Å². The molecule has 0 radical (unpaired) electrons. The van der Waals surface area contributed by atoms with E-state index in [2.05, 4.69) is 5.32 Å². The minimum atomic E-state index is -0.362. The summed E-state index contributed by atoms with van der Waals surface area (Å²) < 4.78 is 16.3. The Labute approximate surface area is 72.3 Å². The molecule has 0 spiro atoms. The van der Waals surface area contributed by atoms with Crippen molar-refractivity contribution in [1.29, 1.82) is 0 Å². The van der Waals surface area contributed by atoms with Gasteiger partial charge in [0.05, 0.1) is 6.61 Å². The normalized spacial score (nSPS) is 9.83. The van der Waals surface area contributed by atoms with Crippen LogP contribution in [0.4, 0.5) is 4.39 Å². The molecule has 0 aliphatic rings. The number of esters is 1. The van der Waals surface area contributed by atoms with E-state index < -0.39 is 0 Å². The Bertz CT molecular complexity index is 120. The van der Waals surface area contributed by atoms with Crippen LogP contribution in [0, 0.1) is 0 Å². The number of carbonyl (C=O) groups excluding carboxylic acids is 1. The number of rotatable bonds is 7. The van der Waals surface area contributed by atoms with E-state index in [4.69, 9.17) is 4.74 Å². The molecule has 0 aliphatic carbocycles. The molecule has 0 atom stereocenters. The summed E-state index contributed by atoms with van der Waals surface area (Å²) in [5, 5.41) is 2.85. The van der Waals surface area contributed by atoms with Crippen LogP contribution in [0.15, 0.2) is 0 Å². The van der Waals surface area contributed by atoms with Gasteiger partial charge in [-0.15, -0.1) is 0 Å². The predicted molar refractivity (Wildman–Crippen MR) is 44.7 cm³/mol. The molecule has 0 amide bonds. The van der Waals surface area contributed by atoms with Gasteiger partial charge in [-0.3, -0.25) is 4.79 Å². The van der Waals surface area contributed by atoms with Crippen molar-refractivity contribution in [2.75, 3.05) is 26.4 Å². The fourth-order valence-electron chi connectivity index (χ4n) is 0.783. The average molecular weight is 177 g/mol. The Morgan fingerprint density at radius 2 is 2.25 bits per heavy atom. The Hall–Kier alpha value is -0.640. The first-order chi connectivity index (χ1) is 5.81. The van der Waals surface area contributed by atoms with Crippen LogP contribution in [0.5, 0.6) is 0 Å². The smallest absolute Gasteiger partial charge is 0.305 e. The van der Waals surface area contributed by atoms with Crippen molar-refractivity contribution in [3.63, 3.8) is 0 Å². The van der Waals surface area contributed by atoms with Crippen molar-refractivity contribution in [2.45, 2.75) is 19.8 Å². The maximum absolute atomic E-state index is 11.5. The predicted octanol–water partition coefficient (Wildman–Crippen LogP) is 0.889. The average Bonchev–Trinajstić information content (AvgIpc) is 2.05. The Morgan fingerprint density at radius 1 is 1.50 bits per heavy atom. The van der Waals surface area contributed by atoms with Gasteiger partial charge in [0.25, 0.3) is 0 Å². The molecule has 72 valence electrons. The highest BCUT2D eigenvalue weighted by molar-refractivity contribution is 5.69. The van der Waals surface area contributed by atoms with E-state index >= 15 is 0 Å². The molecule has 0 unspecified atom stereocenters. The van der Waals surface area contributed by atoms with Crippen molar-refractivity contribution in [1.82, 2.24) is 5.32 Å². The number of halogens is 1. The third-order valence-corrected chi connectivity index (χ3v) is 1.31. The second-order valence-electron chi connectivity index (χ2n) is 2.35. The van der Waals surface area contributed by atoms with Crippen LogP contribution in [0.1, 0.15) is 19.8 Å². The largest absolute Gasteiger partial charge is 0.466 e.